The number of H-pyrrole nitrogens is 1. The maximum atomic E-state index is 14.5. The summed E-state index contributed by atoms with van der Waals surface area (Å²) in [5.41, 5.74) is -0.0262. The maximum Gasteiger partial charge on any atom is 0.332 e. The molecule has 2 heterocycles. The van der Waals surface area contributed by atoms with Crippen LogP contribution in [0, 0.1) is 18.6 Å². The summed E-state index contributed by atoms with van der Waals surface area (Å²) in [6, 6.07) is 5.13. The molecule has 0 aliphatic heterocycles. The number of aromatic amines is 1. The van der Waals surface area contributed by atoms with Gasteiger partial charge in [0.1, 0.15) is 30.3 Å². The summed E-state index contributed by atoms with van der Waals surface area (Å²) in [4.78, 5) is 24.1. The molecular weight excluding hydrogens is 514 g/mol. The van der Waals surface area contributed by atoms with E-state index in [0.29, 0.717) is 5.82 Å². The standard InChI is InChI=1S/C24H23ClF2N4O6/c1-12-28-22-21(23(29-12)35-4)30-24(32)31(22)16-10-19(18(9-14(16)25)36-8-7-33-2)37-11-13-17(34-3)6-5-15(26)20(13)27/h5-6,9-10H,7-8,11H2,1-4H3,(H,30,32). The second-order valence-corrected chi connectivity index (χ2v) is 8.07. The largest absolute Gasteiger partial charge is 0.496 e. The summed E-state index contributed by atoms with van der Waals surface area (Å²) >= 11 is 6.56. The van der Waals surface area contributed by atoms with Crippen LogP contribution >= 0.6 is 11.6 Å². The van der Waals surface area contributed by atoms with E-state index in [1.807, 2.05) is 0 Å². The van der Waals surface area contributed by atoms with Crippen LogP contribution in [-0.4, -0.2) is 54.1 Å². The van der Waals surface area contributed by atoms with Crippen LogP contribution in [0.3, 0.4) is 0 Å². The molecule has 13 heteroatoms. The third kappa shape index (κ3) is 5.16. The minimum absolute atomic E-state index is 0.0974. The van der Waals surface area contributed by atoms with E-state index >= 15 is 0 Å². The van der Waals surface area contributed by atoms with Crippen LogP contribution in [-0.2, 0) is 11.3 Å². The lowest BCUT2D eigenvalue weighted by Crippen LogP contribution is -2.16. The van der Waals surface area contributed by atoms with Crippen LogP contribution in [0.2, 0.25) is 5.02 Å². The van der Waals surface area contributed by atoms with E-state index in [1.54, 1.807) is 6.92 Å². The van der Waals surface area contributed by atoms with Crippen LogP contribution in [0.25, 0.3) is 16.9 Å². The average Bonchev–Trinajstić information content (AvgIpc) is 3.20. The Labute approximate surface area is 214 Å². The van der Waals surface area contributed by atoms with Crippen molar-refractivity contribution in [3.8, 4) is 28.8 Å². The smallest absolute Gasteiger partial charge is 0.332 e. The van der Waals surface area contributed by atoms with Crippen LogP contribution in [0.4, 0.5) is 8.78 Å². The van der Waals surface area contributed by atoms with Gasteiger partial charge < -0.3 is 23.7 Å². The molecule has 196 valence electrons. The quantitative estimate of drug-likeness (QED) is 0.303. The van der Waals surface area contributed by atoms with Crippen molar-refractivity contribution in [1.29, 1.82) is 0 Å². The molecule has 0 aliphatic rings. The van der Waals surface area contributed by atoms with Crippen molar-refractivity contribution in [3.05, 3.63) is 62.8 Å². The summed E-state index contributed by atoms with van der Waals surface area (Å²) in [6.45, 7) is 1.65. The van der Waals surface area contributed by atoms with E-state index in [9.17, 15) is 13.6 Å². The zero-order chi connectivity index (χ0) is 26.7. The Morgan fingerprint density at radius 3 is 2.46 bits per heavy atom. The summed E-state index contributed by atoms with van der Waals surface area (Å²) in [5, 5.41) is 0.132. The molecule has 0 aliphatic carbocycles. The van der Waals surface area contributed by atoms with Gasteiger partial charge in [-0.1, -0.05) is 11.6 Å². The van der Waals surface area contributed by atoms with Gasteiger partial charge in [-0.15, -0.1) is 0 Å². The van der Waals surface area contributed by atoms with Gasteiger partial charge in [0.05, 0.1) is 37.1 Å². The molecule has 2 aromatic carbocycles. The highest BCUT2D eigenvalue weighted by Gasteiger charge is 2.22. The van der Waals surface area contributed by atoms with Gasteiger partial charge in [0.2, 0.25) is 5.88 Å². The van der Waals surface area contributed by atoms with Gasteiger partial charge in [-0.05, 0) is 19.1 Å². The topological polar surface area (TPSA) is 110 Å². The molecule has 0 atom stereocenters. The fourth-order valence-electron chi connectivity index (χ4n) is 3.64. The first kappa shape index (κ1) is 26.2. The molecule has 0 saturated heterocycles. The summed E-state index contributed by atoms with van der Waals surface area (Å²) in [7, 11) is 4.26. The van der Waals surface area contributed by atoms with Crippen molar-refractivity contribution in [3.63, 3.8) is 0 Å². The van der Waals surface area contributed by atoms with E-state index in [2.05, 4.69) is 15.0 Å². The van der Waals surface area contributed by atoms with Crippen molar-refractivity contribution < 1.29 is 32.5 Å². The molecule has 0 radical (unpaired) electrons. The van der Waals surface area contributed by atoms with Crippen LogP contribution in [0.5, 0.6) is 23.1 Å². The second kappa shape index (κ2) is 11.0. The predicted octanol–water partition coefficient (Wildman–Crippen LogP) is 3.97. The fraction of sp³-hybridized carbons (Fsp3) is 0.292. The number of ether oxygens (including phenoxy) is 5. The highest BCUT2D eigenvalue weighted by molar-refractivity contribution is 6.32. The van der Waals surface area contributed by atoms with Crippen molar-refractivity contribution in [2.24, 2.45) is 0 Å². The van der Waals surface area contributed by atoms with E-state index in [-0.39, 0.29) is 63.8 Å². The number of nitrogens with zero attached hydrogens (tertiary/aromatic N) is 3. The monoisotopic (exact) mass is 536 g/mol. The number of imidazole rings is 1. The molecule has 37 heavy (non-hydrogen) atoms. The minimum atomic E-state index is -1.11. The van der Waals surface area contributed by atoms with E-state index in [4.69, 9.17) is 35.3 Å². The average molecular weight is 537 g/mol. The van der Waals surface area contributed by atoms with E-state index in [1.165, 1.54) is 44.1 Å². The molecule has 0 bridgehead atoms. The Morgan fingerprint density at radius 1 is 1.00 bits per heavy atom. The summed E-state index contributed by atoms with van der Waals surface area (Å²) in [5.74, 6) is -1.23. The lowest BCUT2D eigenvalue weighted by atomic mass is 10.2. The number of rotatable bonds is 10. The maximum absolute atomic E-state index is 14.5. The Kier molecular flexibility index (Phi) is 7.79. The number of fused-ring (bicyclic) bond motifs is 1. The third-order valence-corrected chi connectivity index (χ3v) is 5.66. The highest BCUT2D eigenvalue weighted by Crippen LogP contribution is 2.37. The Morgan fingerprint density at radius 2 is 1.76 bits per heavy atom. The van der Waals surface area contributed by atoms with Crippen molar-refractivity contribution in [2.45, 2.75) is 13.5 Å². The Hall–Kier alpha value is -3.90. The molecule has 0 fully saturated rings. The fourth-order valence-corrected chi connectivity index (χ4v) is 3.88. The van der Waals surface area contributed by atoms with E-state index < -0.39 is 23.9 Å². The van der Waals surface area contributed by atoms with Gasteiger partial charge in [-0.2, -0.15) is 4.98 Å². The summed E-state index contributed by atoms with van der Waals surface area (Å²) < 4.78 is 56.7. The van der Waals surface area contributed by atoms with Gasteiger partial charge in [0, 0.05) is 19.2 Å². The molecule has 4 aromatic rings. The van der Waals surface area contributed by atoms with Crippen molar-refractivity contribution in [2.75, 3.05) is 34.5 Å². The van der Waals surface area contributed by atoms with Crippen LogP contribution in [0.1, 0.15) is 11.4 Å². The molecule has 0 saturated carbocycles. The number of nitrogens with one attached hydrogen (secondary N) is 1. The minimum Gasteiger partial charge on any atom is -0.496 e. The zero-order valence-corrected chi connectivity index (χ0v) is 21.1. The van der Waals surface area contributed by atoms with Gasteiger partial charge in [0.25, 0.3) is 0 Å². The van der Waals surface area contributed by atoms with Crippen molar-refractivity contribution >= 4 is 22.8 Å². The first-order chi connectivity index (χ1) is 17.8. The number of hydrogen-bond acceptors (Lipinski definition) is 8. The van der Waals surface area contributed by atoms with Gasteiger partial charge >= 0.3 is 5.69 Å². The summed E-state index contributed by atoms with van der Waals surface area (Å²) in [6.07, 6.45) is 0. The van der Waals surface area contributed by atoms with E-state index in [0.717, 1.165) is 6.07 Å². The molecular formula is C24H23ClF2N4O6. The molecule has 0 spiro atoms. The molecule has 1 N–H and O–H groups in total. The molecule has 0 unspecified atom stereocenters. The second-order valence-electron chi connectivity index (χ2n) is 7.67. The SMILES string of the molecule is COCCOc1cc(Cl)c(-n2c(=O)[nH]c3c(OC)nc(C)nc32)cc1OCc1c(OC)ccc(F)c1F. The van der Waals surface area contributed by atoms with Crippen molar-refractivity contribution in [1.82, 2.24) is 19.5 Å². The van der Waals surface area contributed by atoms with Crippen LogP contribution in [0.15, 0.2) is 29.1 Å². The normalized spacial score (nSPS) is 11.1. The highest BCUT2D eigenvalue weighted by atomic mass is 35.5. The number of benzene rings is 2. The molecule has 10 nitrogen and oxygen atoms in total. The number of hydrogen-bond donors (Lipinski definition) is 1. The molecule has 2 aromatic heterocycles. The Balaban J connectivity index is 1.83. The number of aromatic nitrogens is 4. The number of aryl methyl sites for hydroxylation is 1. The van der Waals surface area contributed by atoms with Gasteiger partial charge in [0.15, 0.2) is 28.8 Å². The lowest BCUT2D eigenvalue weighted by molar-refractivity contribution is 0.142. The van der Waals surface area contributed by atoms with Crippen LogP contribution < -0.4 is 24.6 Å². The molecule has 4 rings (SSSR count). The number of halogens is 3. The first-order valence-electron chi connectivity index (χ1n) is 10.9. The zero-order valence-electron chi connectivity index (χ0n) is 20.4. The van der Waals surface area contributed by atoms with Gasteiger partial charge in [-0.3, -0.25) is 4.98 Å². The lowest BCUT2D eigenvalue weighted by Gasteiger charge is -2.17. The predicted molar refractivity (Wildman–Crippen MR) is 130 cm³/mol. The first-order valence-corrected chi connectivity index (χ1v) is 11.3. The molecule has 0 amide bonds. The van der Waals surface area contributed by atoms with Gasteiger partial charge in [-0.25, -0.2) is 23.1 Å². The Bertz CT molecular complexity index is 1510. The number of methoxy groups -OCH3 is 3. The third-order valence-electron chi connectivity index (χ3n) is 5.35.